The molecule has 4 heteroatoms. The monoisotopic (exact) mass is 358 g/mol. The number of ether oxygens (including phenoxy) is 2. The Kier molecular flexibility index (Phi) is 8.13. The number of rotatable bonds is 10. The number of halogens is 1. The highest BCUT2D eigenvalue weighted by Gasteiger charge is 2.11. The molecular formula is C22H27FO3. The number of carbonyl (C=O) groups excluding carboxylic acids is 1. The molecule has 2 rings (SSSR count). The summed E-state index contributed by atoms with van der Waals surface area (Å²) >= 11 is 0. The lowest BCUT2D eigenvalue weighted by Crippen LogP contribution is -2.09. The van der Waals surface area contributed by atoms with Gasteiger partial charge in [0.2, 0.25) is 0 Å². The molecule has 0 saturated heterocycles. The van der Waals surface area contributed by atoms with Gasteiger partial charge in [-0.25, -0.2) is 9.18 Å². The smallest absolute Gasteiger partial charge is 0.343 e. The van der Waals surface area contributed by atoms with Crippen LogP contribution < -0.4 is 9.47 Å². The quantitative estimate of drug-likeness (QED) is 0.299. The van der Waals surface area contributed by atoms with E-state index in [4.69, 9.17) is 9.47 Å². The lowest BCUT2D eigenvalue weighted by Gasteiger charge is -2.09. The summed E-state index contributed by atoms with van der Waals surface area (Å²) in [5.74, 6) is -0.670. The Hall–Kier alpha value is -2.36. The molecule has 26 heavy (non-hydrogen) atoms. The van der Waals surface area contributed by atoms with Crippen LogP contribution in [0.3, 0.4) is 0 Å². The van der Waals surface area contributed by atoms with Gasteiger partial charge in [-0.15, -0.1) is 0 Å². The van der Waals surface area contributed by atoms with E-state index >= 15 is 0 Å². The third-order valence-electron chi connectivity index (χ3n) is 4.22. The van der Waals surface area contributed by atoms with Crippen LogP contribution in [0.4, 0.5) is 4.39 Å². The maximum Gasteiger partial charge on any atom is 0.343 e. The number of unbranched alkanes of at least 4 members (excludes halogenated alkanes) is 4. The van der Waals surface area contributed by atoms with Gasteiger partial charge in [0.05, 0.1) is 12.2 Å². The molecule has 0 aliphatic heterocycles. The summed E-state index contributed by atoms with van der Waals surface area (Å²) in [5, 5.41) is 0. The molecule has 0 aromatic heterocycles. The van der Waals surface area contributed by atoms with Crippen molar-refractivity contribution >= 4 is 5.97 Å². The van der Waals surface area contributed by atoms with Gasteiger partial charge in [-0.1, -0.05) is 51.7 Å². The third kappa shape index (κ3) is 6.17. The van der Waals surface area contributed by atoms with Gasteiger partial charge >= 0.3 is 5.97 Å². The average molecular weight is 358 g/mol. The molecule has 0 aliphatic rings. The number of aryl methyl sites for hydroxylation is 1. The summed E-state index contributed by atoms with van der Waals surface area (Å²) < 4.78 is 24.8. The molecule has 0 N–H and O–H groups in total. The van der Waals surface area contributed by atoms with Crippen LogP contribution in [0.5, 0.6) is 11.5 Å². The van der Waals surface area contributed by atoms with Crippen LogP contribution in [-0.2, 0) is 6.42 Å². The van der Waals surface area contributed by atoms with Crippen LogP contribution in [0, 0.1) is 5.82 Å². The van der Waals surface area contributed by atoms with Crippen LogP contribution in [0.25, 0.3) is 0 Å². The van der Waals surface area contributed by atoms with Crippen molar-refractivity contribution in [1.29, 1.82) is 0 Å². The molecule has 0 bridgehead atoms. The molecule has 2 aromatic rings. The maximum atomic E-state index is 14.1. The largest absolute Gasteiger partial charge is 0.491 e. The van der Waals surface area contributed by atoms with Crippen molar-refractivity contribution in [3.63, 3.8) is 0 Å². The number of carbonyl (C=O) groups is 1. The van der Waals surface area contributed by atoms with Gasteiger partial charge in [-0.3, -0.25) is 0 Å². The van der Waals surface area contributed by atoms with Gasteiger partial charge in [-0.05, 0) is 42.7 Å². The first-order valence-electron chi connectivity index (χ1n) is 9.37. The van der Waals surface area contributed by atoms with Gasteiger partial charge in [0.25, 0.3) is 0 Å². The van der Waals surface area contributed by atoms with Crippen molar-refractivity contribution in [3.8, 4) is 11.5 Å². The summed E-state index contributed by atoms with van der Waals surface area (Å²) in [6.07, 6.45) is 6.48. The minimum Gasteiger partial charge on any atom is -0.491 e. The molecule has 3 nitrogen and oxygen atoms in total. The van der Waals surface area contributed by atoms with E-state index in [1.807, 2.05) is 19.1 Å². The molecule has 0 radical (unpaired) electrons. The Labute approximate surface area is 155 Å². The van der Waals surface area contributed by atoms with E-state index in [-0.39, 0.29) is 11.5 Å². The summed E-state index contributed by atoms with van der Waals surface area (Å²) in [6.45, 7) is 4.70. The van der Waals surface area contributed by atoms with E-state index in [1.54, 1.807) is 18.2 Å². The fourth-order valence-corrected chi connectivity index (χ4v) is 2.59. The fourth-order valence-electron chi connectivity index (χ4n) is 2.59. The molecule has 0 spiro atoms. The van der Waals surface area contributed by atoms with Gasteiger partial charge in [0.1, 0.15) is 5.75 Å². The summed E-state index contributed by atoms with van der Waals surface area (Å²) in [4.78, 5) is 12.1. The molecule has 0 saturated carbocycles. The zero-order valence-corrected chi connectivity index (χ0v) is 15.6. The topological polar surface area (TPSA) is 35.5 Å². The number of hydrogen-bond acceptors (Lipinski definition) is 3. The first-order valence-corrected chi connectivity index (χ1v) is 9.37. The lowest BCUT2D eigenvalue weighted by atomic mass is 10.1. The van der Waals surface area contributed by atoms with Crippen LogP contribution in [0.15, 0.2) is 42.5 Å². The highest BCUT2D eigenvalue weighted by atomic mass is 19.1. The predicted octanol–water partition coefficient (Wildman–Crippen LogP) is 5.96. The Balaban J connectivity index is 1.86. The van der Waals surface area contributed by atoms with Crippen LogP contribution in [0.1, 0.15) is 61.9 Å². The van der Waals surface area contributed by atoms with Crippen LogP contribution >= 0.6 is 0 Å². The standard InChI is InChI=1S/C22H27FO3/c1-3-5-6-7-8-15-25-21-14-13-19(16-20(21)23)26-22(24)18-11-9-17(4-2)10-12-18/h9-14,16H,3-8,15H2,1-2H3. The fraction of sp³-hybridized carbons (Fsp3) is 0.409. The second kappa shape index (κ2) is 10.6. The molecule has 140 valence electrons. The zero-order valence-electron chi connectivity index (χ0n) is 15.6. The Bertz CT molecular complexity index is 695. The molecule has 0 heterocycles. The summed E-state index contributed by atoms with van der Waals surface area (Å²) in [7, 11) is 0. The van der Waals surface area contributed by atoms with Crippen molar-refractivity contribution in [2.75, 3.05) is 6.61 Å². The third-order valence-corrected chi connectivity index (χ3v) is 4.22. The highest BCUT2D eigenvalue weighted by molar-refractivity contribution is 5.91. The minimum absolute atomic E-state index is 0.169. The lowest BCUT2D eigenvalue weighted by molar-refractivity contribution is 0.0734. The van der Waals surface area contributed by atoms with E-state index < -0.39 is 11.8 Å². The summed E-state index contributed by atoms with van der Waals surface area (Å²) in [5.41, 5.74) is 1.58. The molecule has 0 fully saturated rings. The minimum atomic E-state index is -0.523. The Morgan fingerprint density at radius 2 is 1.69 bits per heavy atom. The van der Waals surface area contributed by atoms with Gasteiger partial charge in [-0.2, -0.15) is 0 Å². The van der Waals surface area contributed by atoms with Gasteiger partial charge in [0.15, 0.2) is 11.6 Å². The van der Waals surface area contributed by atoms with E-state index in [1.165, 1.54) is 31.4 Å². The van der Waals surface area contributed by atoms with Crippen molar-refractivity contribution in [2.24, 2.45) is 0 Å². The van der Waals surface area contributed by atoms with Crippen molar-refractivity contribution < 1.29 is 18.7 Å². The molecule has 0 amide bonds. The Morgan fingerprint density at radius 1 is 0.962 bits per heavy atom. The first kappa shape index (κ1) is 20.0. The molecular weight excluding hydrogens is 331 g/mol. The van der Waals surface area contributed by atoms with E-state index in [2.05, 4.69) is 6.92 Å². The molecule has 0 aliphatic carbocycles. The number of esters is 1. The van der Waals surface area contributed by atoms with Crippen LogP contribution in [0.2, 0.25) is 0 Å². The van der Waals surface area contributed by atoms with Gasteiger partial charge in [0, 0.05) is 6.07 Å². The van der Waals surface area contributed by atoms with E-state index in [0.717, 1.165) is 24.8 Å². The second-order valence-electron chi connectivity index (χ2n) is 6.29. The Morgan fingerprint density at radius 3 is 2.35 bits per heavy atom. The molecule has 0 unspecified atom stereocenters. The highest BCUT2D eigenvalue weighted by Crippen LogP contribution is 2.24. The molecule has 0 atom stereocenters. The SMILES string of the molecule is CCCCCCCOc1ccc(OC(=O)c2ccc(CC)cc2)cc1F. The zero-order chi connectivity index (χ0) is 18.8. The van der Waals surface area contributed by atoms with Crippen molar-refractivity contribution in [3.05, 3.63) is 59.4 Å². The van der Waals surface area contributed by atoms with Crippen LogP contribution in [-0.4, -0.2) is 12.6 Å². The maximum absolute atomic E-state index is 14.1. The number of benzene rings is 2. The first-order chi connectivity index (χ1) is 12.6. The van der Waals surface area contributed by atoms with Crippen molar-refractivity contribution in [2.45, 2.75) is 52.4 Å². The molecule has 2 aromatic carbocycles. The van der Waals surface area contributed by atoms with Gasteiger partial charge < -0.3 is 9.47 Å². The van der Waals surface area contributed by atoms with E-state index in [9.17, 15) is 9.18 Å². The van der Waals surface area contributed by atoms with Crippen molar-refractivity contribution in [1.82, 2.24) is 0 Å². The number of hydrogen-bond donors (Lipinski definition) is 0. The second-order valence-corrected chi connectivity index (χ2v) is 6.29. The predicted molar refractivity (Wildman–Crippen MR) is 101 cm³/mol. The normalized spacial score (nSPS) is 10.6. The summed E-state index contributed by atoms with van der Waals surface area (Å²) in [6, 6.07) is 11.4. The average Bonchev–Trinajstić information content (AvgIpc) is 2.66. The van der Waals surface area contributed by atoms with E-state index in [0.29, 0.717) is 12.2 Å².